The molecule has 2 heterocycles. The summed E-state index contributed by atoms with van der Waals surface area (Å²) in [5, 5.41) is 0. The predicted octanol–water partition coefficient (Wildman–Crippen LogP) is 2.93. The Bertz CT molecular complexity index is 742. The first kappa shape index (κ1) is 12.4. The van der Waals surface area contributed by atoms with Gasteiger partial charge in [0.25, 0.3) is 0 Å². The predicted molar refractivity (Wildman–Crippen MR) is 81.1 cm³/mol. The Kier molecular flexibility index (Phi) is 3.21. The average Bonchev–Trinajstić information content (AvgIpc) is 2.89. The molecule has 3 rings (SSSR count). The van der Waals surface area contributed by atoms with E-state index >= 15 is 0 Å². The molecule has 0 bridgehead atoms. The summed E-state index contributed by atoms with van der Waals surface area (Å²) in [5.41, 5.74) is 2.94. The Labute approximate surface area is 118 Å². The molecule has 1 aromatic carbocycles. The van der Waals surface area contributed by atoms with E-state index in [0.717, 1.165) is 17.0 Å². The minimum atomic E-state index is 0.713. The maximum atomic E-state index is 4.58. The van der Waals surface area contributed by atoms with Gasteiger partial charge in [0.1, 0.15) is 0 Å². The molecule has 0 aliphatic rings. The van der Waals surface area contributed by atoms with Gasteiger partial charge < -0.3 is 4.90 Å². The zero-order valence-corrected chi connectivity index (χ0v) is 11.6. The van der Waals surface area contributed by atoms with E-state index < -0.39 is 0 Å². The van der Waals surface area contributed by atoms with E-state index in [0.29, 0.717) is 5.78 Å². The summed E-state index contributed by atoms with van der Waals surface area (Å²) in [6.07, 6.45) is 7.92. The van der Waals surface area contributed by atoms with E-state index in [9.17, 15) is 0 Å². The molecule has 2 aromatic heterocycles. The van der Waals surface area contributed by atoms with E-state index in [1.165, 1.54) is 0 Å². The normalized spacial score (nSPS) is 11.3. The van der Waals surface area contributed by atoms with Crippen LogP contribution in [0.5, 0.6) is 0 Å². The van der Waals surface area contributed by atoms with E-state index in [2.05, 4.69) is 22.1 Å². The van der Waals surface area contributed by atoms with E-state index in [1.807, 2.05) is 72.3 Å². The number of rotatable bonds is 3. The summed E-state index contributed by atoms with van der Waals surface area (Å²) in [6.45, 7) is 0. The van der Waals surface area contributed by atoms with E-state index in [4.69, 9.17) is 0 Å². The van der Waals surface area contributed by atoms with Gasteiger partial charge in [-0.25, -0.2) is 9.97 Å². The molecule has 4 nitrogen and oxygen atoms in total. The van der Waals surface area contributed by atoms with Crippen LogP contribution in [0.1, 0.15) is 5.69 Å². The summed E-state index contributed by atoms with van der Waals surface area (Å²) in [5.74, 6) is 0.713. The minimum Gasteiger partial charge on any atom is -0.383 e. The van der Waals surface area contributed by atoms with Gasteiger partial charge in [-0.15, -0.1) is 0 Å². The molecule has 4 heteroatoms. The zero-order valence-electron chi connectivity index (χ0n) is 11.6. The lowest BCUT2D eigenvalue weighted by Crippen LogP contribution is -2.00. The van der Waals surface area contributed by atoms with Crippen molar-refractivity contribution >= 4 is 11.9 Å². The number of aromatic nitrogens is 3. The lowest BCUT2D eigenvalue weighted by atomic mass is 10.2. The second-order valence-electron chi connectivity index (χ2n) is 4.83. The van der Waals surface area contributed by atoms with Crippen LogP contribution in [0.25, 0.3) is 23.1 Å². The van der Waals surface area contributed by atoms with Crippen molar-refractivity contribution in [2.45, 2.75) is 0 Å². The van der Waals surface area contributed by atoms with Crippen LogP contribution in [-0.4, -0.2) is 33.4 Å². The van der Waals surface area contributed by atoms with Crippen LogP contribution >= 0.6 is 0 Å². The van der Waals surface area contributed by atoms with Crippen molar-refractivity contribution in [2.75, 3.05) is 14.1 Å². The molecule has 100 valence electrons. The number of fused-ring (bicyclic) bond motifs is 1. The largest absolute Gasteiger partial charge is 0.383 e. The maximum Gasteiger partial charge on any atom is 0.234 e. The molecule has 0 atom stereocenters. The van der Waals surface area contributed by atoms with Crippen LogP contribution in [0.4, 0.5) is 0 Å². The van der Waals surface area contributed by atoms with Gasteiger partial charge >= 0.3 is 0 Å². The summed E-state index contributed by atoms with van der Waals surface area (Å²) in [4.78, 5) is 11.1. The number of imidazole rings is 1. The molecular formula is C16H16N4. The minimum absolute atomic E-state index is 0.713. The number of nitrogens with zero attached hydrogens (tertiary/aromatic N) is 4. The highest BCUT2D eigenvalue weighted by Gasteiger charge is 2.04. The van der Waals surface area contributed by atoms with Crippen LogP contribution in [0.3, 0.4) is 0 Å². The van der Waals surface area contributed by atoms with Crippen LogP contribution in [0, 0.1) is 0 Å². The molecule has 0 unspecified atom stereocenters. The molecule has 20 heavy (non-hydrogen) atoms. The van der Waals surface area contributed by atoms with E-state index in [1.54, 1.807) is 0 Å². The van der Waals surface area contributed by atoms with Crippen molar-refractivity contribution in [1.82, 2.24) is 19.3 Å². The molecule has 0 amide bonds. The van der Waals surface area contributed by atoms with Crippen molar-refractivity contribution < 1.29 is 0 Å². The Morgan fingerprint density at radius 1 is 1.05 bits per heavy atom. The first-order valence-corrected chi connectivity index (χ1v) is 6.48. The summed E-state index contributed by atoms with van der Waals surface area (Å²) in [6, 6.07) is 12.1. The van der Waals surface area contributed by atoms with Gasteiger partial charge in [-0.1, -0.05) is 30.3 Å². The van der Waals surface area contributed by atoms with Crippen molar-refractivity contribution in [2.24, 2.45) is 0 Å². The molecule has 0 N–H and O–H groups in total. The maximum absolute atomic E-state index is 4.58. The first-order valence-electron chi connectivity index (χ1n) is 6.48. The van der Waals surface area contributed by atoms with Gasteiger partial charge in [0.2, 0.25) is 5.78 Å². The highest BCUT2D eigenvalue weighted by Crippen LogP contribution is 2.18. The molecule has 0 fully saturated rings. The second-order valence-corrected chi connectivity index (χ2v) is 4.83. The SMILES string of the molecule is CN(C)/C=C/c1ccn2cc(-c3ccccc3)nc2n1. The lowest BCUT2D eigenvalue weighted by Gasteiger charge is -2.02. The van der Waals surface area contributed by atoms with Crippen molar-refractivity contribution in [3.63, 3.8) is 0 Å². The fourth-order valence-corrected chi connectivity index (χ4v) is 1.95. The Morgan fingerprint density at radius 3 is 2.60 bits per heavy atom. The average molecular weight is 264 g/mol. The van der Waals surface area contributed by atoms with E-state index in [-0.39, 0.29) is 0 Å². The second kappa shape index (κ2) is 5.17. The van der Waals surface area contributed by atoms with Gasteiger partial charge in [0.15, 0.2) is 0 Å². The smallest absolute Gasteiger partial charge is 0.234 e. The van der Waals surface area contributed by atoms with Crippen molar-refractivity contribution in [1.29, 1.82) is 0 Å². The Morgan fingerprint density at radius 2 is 1.85 bits per heavy atom. The van der Waals surface area contributed by atoms with Gasteiger partial charge in [0.05, 0.1) is 11.4 Å². The molecule has 0 aliphatic heterocycles. The van der Waals surface area contributed by atoms with Crippen LogP contribution in [0.2, 0.25) is 0 Å². The first-order chi connectivity index (χ1) is 9.72. The zero-order chi connectivity index (χ0) is 13.9. The van der Waals surface area contributed by atoms with Crippen molar-refractivity contribution in [3.05, 3.63) is 60.7 Å². The van der Waals surface area contributed by atoms with Gasteiger partial charge in [-0.2, -0.15) is 0 Å². The van der Waals surface area contributed by atoms with Gasteiger partial charge in [0, 0.05) is 38.3 Å². The van der Waals surface area contributed by atoms with Crippen LogP contribution in [-0.2, 0) is 0 Å². The molecule has 3 aromatic rings. The standard InChI is InChI=1S/C16H16N4/c1-19(2)10-8-14-9-11-20-12-15(18-16(20)17-14)13-6-4-3-5-7-13/h3-12H,1-2H3/b10-8+. The number of hydrogen-bond acceptors (Lipinski definition) is 3. The number of hydrogen-bond donors (Lipinski definition) is 0. The van der Waals surface area contributed by atoms with Crippen molar-refractivity contribution in [3.8, 4) is 11.3 Å². The molecular weight excluding hydrogens is 248 g/mol. The third-order valence-corrected chi connectivity index (χ3v) is 2.96. The number of benzene rings is 1. The summed E-state index contributed by atoms with van der Waals surface area (Å²) in [7, 11) is 3.97. The third kappa shape index (κ3) is 2.54. The monoisotopic (exact) mass is 264 g/mol. The Balaban J connectivity index is 2.00. The quantitative estimate of drug-likeness (QED) is 0.729. The Hall–Kier alpha value is -2.62. The fraction of sp³-hybridized carbons (Fsp3) is 0.125. The highest BCUT2D eigenvalue weighted by atomic mass is 15.1. The summed E-state index contributed by atoms with van der Waals surface area (Å²) >= 11 is 0. The van der Waals surface area contributed by atoms with Gasteiger partial charge in [-0.3, -0.25) is 4.40 Å². The highest BCUT2D eigenvalue weighted by molar-refractivity contribution is 5.61. The topological polar surface area (TPSA) is 33.4 Å². The summed E-state index contributed by atoms with van der Waals surface area (Å²) < 4.78 is 1.94. The third-order valence-electron chi connectivity index (χ3n) is 2.96. The van der Waals surface area contributed by atoms with Crippen LogP contribution < -0.4 is 0 Å². The molecule has 0 aliphatic carbocycles. The van der Waals surface area contributed by atoms with Crippen LogP contribution in [0.15, 0.2) is 55.0 Å². The molecule has 0 saturated carbocycles. The molecule has 0 saturated heterocycles. The van der Waals surface area contributed by atoms with Gasteiger partial charge in [-0.05, 0) is 12.1 Å². The fourth-order valence-electron chi connectivity index (χ4n) is 1.95. The molecule has 0 spiro atoms. The molecule has 0 radical (unpaired) electrons. The lowest BCUT2D eigenvalue weighted by molar-refractivity contribution is 0.567.